The lowest BCUT2D eigenvalue weighted by atomic mass is 10.0. The molecule has 0 saturated heterocycles. The molecule has 7 heteroatoms. The minimum Gasteiger partial charge on any atom is -0.326 e. The van der Waals surface area contributed by atoms with Crippen molar-refractivity contribution in [1.29, 1.82) is 0 Å². The average molecular weight is 341 g/mol. The molecule has 0 aliphatic rings. The van der Waals surface area contributed by atoms with Gasteiger partial charge in [0.15, 0.2) is 0 Å². The fourth-order valence-corrected chi connectivity index (χ4v) is 3.18. The van der Waals surface area contributed by atoms with Gasteiger partial charge in [-0.15, -0.1) is 11.3 Å². The molecule has 0 radical (unpaired) electrons. The standard InChI is InChI=1S/C17H19N5OS/c1-3-17(2,15-18-9-11-24-15)21-16(23)20-13-6-4-7-14(12-13)22-10-5-8-19-22/h4-12H,3H2,1-2H3,(H2,20,21,23)/t17-/m0/s1. The normalized spacial score (nSPS) is 13.2. The molecule has 6 nitrogen and oxygen atoms in total. The lowest BCUT2D eigenvalue weighted by Crippen LogP contribution is -2.45. The van der Waals surface area contributed by atoms with E-state index in [-0.39, 0.29) is 6.03 Å². The first-order valence-corrected chi connectivity index (χ1v) is 8.58. The van der Waals surface area contributed by atoms with Gasteiger partial charge in [-0.05, 0) is 37.6 Å². The van der Waals surface area contributed by atoms with Crippen molar-refractivity contribution < 1.29 is 4.79 Å². The number of anilines is 1. The fourth-order valence-electron chi connectivity index (χ4n) is 2.35. The Labute approximate surface area is 144 Å². The van der Waals surface area contributed by atoms with E-state index >= 15 is 0 Å². The number of carbonyl (C=O) groups is 1. The molecule has 0 unspecified atom stereocenters. The Kier molecular flexibility index (Phi) is 4.61. The number of hydrogen-bond donors (Lipinski definition) is 2. The number of nitrogens with one attached hydrogen (secondary N) is 2. The quantitative estimate of drug-likeness (QED) is 0.742. The van der Waals surface area contributed by atoms with Gasteiger partial charge in [0.25, 0.3) is 0 Å². The number of benzene rings is 1. The number of thiazole rings is 1. The molecule has 1 aromatic carbocycles. The van der Waals surface area contributed by atoms with E-state index in [1.54, 1.807) is 17.1 Å². The molecule has 124 valence electrons. The van der Waals surface area contributed by atoms with Gasteiger partial charge in [0.05, 0.1) is 11.2 Å². The van der Waals surface area contributed by atoms with Crippen LogP contribution in [-0.4, -0.2) is 20.8 Å². The Morgan fingerprint density at radius 2 is 2.21 bits per heavy atom. The lowest BCUT2D eigenvalue weighted by Gasteiger charge is -2.27. The summed E-state index contributed by atoms with van der Waals surface area (Å²) < 4.78 is 1.74. The molecule has 0 aliphatic heterocycles. The second-order valence-corrected chi connectivity index (χ2v) is 6.50. The maximum atomic E-state index is 12.4. The smallest absolute Gasteiger partial charge is 0.320 e. The van der Waals surface area contributed by atoms with E-state index < -0.39 is 5.54 Å². The molecule has 0 saturated carbocycles. The van der Waals surface area contributed by atoms with Crippen LogP contribution in [-0.2, 0) is 5.54 Å². The molecule has 2 heterocycles. The third kappa shape index (κ3) is 3.46. The minimum absolute atomic E-state index is 0.257. The third-order valence-corrected chi connectivity index (χ3v) is 4.91. The Hall–Kier alpha value is -2.67. The van der Waals surface area contributed by atoms with Crippen LogP contribution in [0.25, 0.3) is 5.69 Å². The first kappa shape index (κ1) is 16.2. The maximum Gasteiger partial charge on any atom is 0.320 e. The molecule has 0 fully saturated rings. The van der Waals surface area contributed by atoms with E-state index in [0.717, 1.165) is 17.1 Å². The molecule has 2 N–H and O–H groups in total. The zero-order valence-electron chi connectivity index (χ0n) is 13.6. The van der Waals surface area contributed by atoms with Crippen LogP contribution >= 0.6 is 11.3 Å². The first-order chi connectivity index (χ1) is 11.6. The summed E-state index contributed by atoms with van der Waals surface area (Å²) in [5, 5.41) is 12.9. The van der Waals surface area contributed by atoms with E-state index in [1.165, 1.54) is 11.3 Å². The van der Waals surface area contributed by atoms with Crippen molar-refractivity contribution in [3.05, 3.63) is 59.3 Å². The van der Waals surface area contributed by atoms with E-state index in [0.29, 0.717) is 5.69 Å². The molecular weight excluding hydrogens is 322 g/mol. The van der Waals surface area contributed by atoms with Gasteiger partial charge in [0, 0.05) is 29.7 Å². The summed E-state index contributed by atoms with van der Waals surface area (Å²) in [7, 11) is 0. The number of urea groups is 1. The second-order valence-electron chi connectivity index (χ2n) is 5.60. The highest BCUT2D eigenvalue weighted by atomic mass is 32.1. The van der Waals surface area contributed by atoms with Gasteiger partial charge in [0.2, 0.25) is 0 Å². The minimum atomic E-state index is -0.488. The molecule has 2 amide bonds. The largest absolute Gasteiger partial charge is 0.326 e. The number of nitrogens with zero attached hydrogens (tertiary/aromatic N) is 3. The predicted molar refractivity (Wildman–Crippen MR) is 95.5 cm³/mol. The summed E-state index contributed by atoms with van der Waals surface area (Å²) in [5.74, 6) is 0. The molecule has 24 heavy (non-hydrogen) atoms. The Morgan fingerprint density at radius 1 is 1.33 bits per heavy atom. The molecule has 1 atom stereocenters. The molecule has 2 aromatic heterocycles. The van der Waals surface area contributed by atoms with Crippen LogP contribution in [0.5, 0.6) is 0 Å². The topological polar surface area (TPSA) is 71.8 Å². The van der Waals surface area contributed by atoms with Crippen molar-refractivity contribution in [2.24, 2.45) is 0 Å². The molecule has 0 bridgehead atoms. The van der Waals surface area contributed by atoms with Crippen LogP contribution < -0.4 is 10.6 Å². The van der Waals surface area contributed by atoms with Gasteiger partial charge in [-0.25, -0.2) is 14.5 Å². The highest BCUT2D eigenvalue weighted by molar-refractivity contribution is 7.09. The van der Waals surface area contributed by atoms with Crippen LogP contribution in [0.15, 0.2) is 54.3 Å². The van der Waals surface area contributed by atoms with Gasteiger partial charge in [-0.2, -0.15) is 5.10 Å². The van der Waals surface area contributed by atoms with E-state index in [4.69, 9.17) is 0 Å². The van der Waals surface area contributed by atoms with Crippen LogP contribution in [0.1, 0.15) is 25.3 Å². The Bertz CT molecular complexity index is 800. The van der Waals surface area contributed by atoms with Gasteiger partial charge in [-0.1, -0.05) is 13.0 Å². The molecule has 3 rings (SSSR count). The van der Waals surface area contributed by atoms with Gasteiger partial charge < -0.3 is 10.6 Å². The van der Waals surface area contributed by atoms with Crippen molar-refractivity contribution >= 4 is 23.1 Å². The molecule has 3 aromatic rings. The number of aromatic nitrogens is 3. The lowest BCUT2D eigenvalue weighted by molar-refractivity contribution is 0.238. The number of carbonyl (C=O) groups excluding carboxylic acids is 1. The van der Waals surface area contributed by atoms with Crippen LogP contribution in [0.2, 0.25) is 0 Å². The van der Waals surface area contributed by atoms with E-state index in [1.807, 2.05) is 55.8 Å². The highest BCUT2D eigenvalue weighted by Crippen LogP contribution is 2.26. The predicted octanol–water partition coefficient (Wildman–Crippen LogP) is 3.78. The summed E-state index contributed by atoms with van der Waals surface area (Å²) in [4.78, 5) is 16.7. The van der Waals surface area contributed by atoms with Gasteiger partial charge in [-0.3, -0.25) is 0 Å². The molecule has 0 aliphatic carbocycles. The average Bonchev–Trinajstić information content (AvgIpc) is 3.28. The molecule has 0 spiro atoms. The van der Waals surface area contributed by atoms with E-state index in [2.05, 4.69) is 20.7 Å². The Balaban J connectivity index is 1.72. The van der Waals surface area contributed by atoms with Crippen molar-refractivity contribution in [1.82, 2.24) is 20.1 Å². The van der Waals surface area contributed by atoms with Crippen LogP contribution in [0.3, 0.4) is 0 Å². The monoisotopic (exact) mass is 341 g/mol. The van der Waals surface area contributed by atoms with Crippen molar-refractivity contribution in [3.8, 4) is 5.69 Å². The summed E-state index contributed by atoms with van der Waals surface area (Å²) in [6.07, 6.45) is 6.08. The van der Waals surface area contributed by atoms with Crippen molar-refractivity contribution in [2.75, 3.05) is 5.32 Å². The number of rotatable bonds is 5. The number of hydrogen-bond acceptors (Lipinski definition) is 4. The SMILES string of the molecule is CC[C@](C)(NC(=O)Nc1cccc(-n2cccn2)c1)c1nccs1. The molecular formula is C17H19N5OS. The van der Waals surface area contributed by atoms with Crippen molar-refractivity contribution in [2.45, 2.75) is 25.8 Å². The summed E-state index contributed by atoms with van der Waals surface area (Å²) in [5.41, 5.74) is 1.10. The third-order valence-electron chi connectivity index (χ3n) is 3.87. The van der Waals surface area contributed by atoms with E-state index in [9.17, 15) is 4.79 Å². The van der Waals surface area contributed by atoms with Gasteiger partial charge >= 0.3 is 6.03 Å². The van der Waals surface area contributed by atoms with Crippen LogP contribution in [0.4, 0.5) is 10.5 Å². The first-order valence-electron chi connectivity index (χ1n) is 7.70. The summed E-state index contributed by atoms with van der Waals surface area (Å²) in [6, 6.07) is 9.13. The highest BCUT2D eigenvalue weighted by Gasteiger charge is 2.29. The van der Waals surface area contributed by atoms with Crippen LogP contribution in [0, 0.1) is 0 Å². The van der Waals surface area contributed by atoms with Crippen molar-refractivity contribution in [3.63, 3.8) is 0 Å². The van der Waals surface area contributed by atoms with Gasteiger partial charge in [0.1, 0.15) is 5.01 Å². The summed E-state index contributed by atoms with van der Waals surface area (Å²) >= 11 is 1.54. The number of amides is 2. The Morgan fingerprint density at radius 3 is 2.88 bits per heavy atom. The second kappa shape index (κ2) is 6.84. The maximum absolute atomic E-state index is 12.4. The summed E-state index contributed by atoms with van der Waals surface area (Å²) in [6.45, 7) is 4.01. The zero-order chi connectivity index (χ0) is 17.0. The fraction of sp³-hybridized carbons (Fsp3) is 0.235. The zero-order valence-corrected chi connectivity index (χ0v) is 14.4.